The Labute approximate surface area is 124 Å². The van der Waals surface area contributed by atoms with Crippen molar-refractivity contribution < 1.29 is 14.4 Å². The largest absolute Gasteiger partial charge is 0.427 e. The molecule has 3 rings (SSSR count). The maximum absolute atomic E-state index is 12.3. The van der Waals surface area contributed by atoms with E-state index in [0.717, 1.165) is 0 Å². The molecule has 1 heterocycles. The maximum atomic E-state index is 12.3. The Balaban J connectivity index is 2.15. The molecule has 3 aromatic rings. The van der Waals surface area contributed by atoms with Crippen LogP contribution in [0.4, 0.5) is 11.5 Å². The SMILES string of the molecule is Nc1c(C(=O)Nc2ccccc2)n(O)c2ccccc2[n+]1=O. The molecule has 110 valence electrons. The van der Waals surface area contributed by atoms with Crippen molar-refractivity contribution in [1.82, 2.24) is 4.73 Å². The number of benzene rings is 2. The van der Waals surface area contributed by atoms with Crippen molar-refractivity contribution >= 4 is 28.4 Å². The van der Waals surface area contributed by atoms with Crippen molar-refractivity contribution in [2.45, 2.75) is 0 Å². The molecule has 0 spiro atoms. The summed E-state index contributed by atoms with van der Waals surface area (Å²) >= 11 is 0. The van der Waals surface area contributed by atoms with E-state index in [1.54, 1.807) is 42.5 Å². The second-order valence-corrected chi connectivity index (χ2v) is 4.65. The quantitative estimate of drug-likeness (QED) is 0.494. The first-order valence-electron chi connectivity index (χ1n) is 6.51. The van der Waals surface area contributed by atoms with E-state index in [0.29, 0.717) is 14.8 Å². The fourth-order valence-corrected chi connectivity index (χ4v) is 2.19. The zero-order valence-electron chi connectivity index (χ0n) is 11.4. The number of carbonyl (C=O) groups excluding carboxylic acids is 1. The van der Waals surface area contributed by atoms with Crippen LogP contribution in [-0.2, 0) is 0 Å². The van der Waals surface area contributed by atoms with Gasteiger partial charge in [-0.25, -0.2) is 0 Å². The molecule has 0 saturated carbocycles. The number of para-hydroxylation sites is 3. The Kier molecular flexibility index (Phi) is 3.23. The lowest BCUT2D eigenvalue weighted by Crippen LogP contribution is -2.31. The monoisotopic (exact) mass is 297 g/mol. The number of hydrogen-bond donors (Lipinski definition) is 3. The average Bonchev–Trinajstić information content (AvgIpc) is 2.54. The summed E-state index contributed by atoms with van der Waals surface area (Å²) in [4.78, 5) is 24.5. The molecule has 0 fully saturated rings. The van der Waals surface area contributed by atoms with Gasteiger partial charge >= 0.3 is 5.82 Å². The number of aromatic nitrogens is 2. The summed E-state index contributed by atoms with van der Waals surface area (Å²) in [6.45, 7) is 0. The average molecular weight is 297 g/mol. The highest BCUT2D eigenvalue weighted by Crippen LogP contribution is 2.16. The molecule has 0 unspecified atom stereocenters. The van der Waals surface area contributed by atoms with Crippen molar-refractivity contribution in [3.05, 3.63) is 65.2 Å². The summed E-state index contributed by atoms with van der Waals surface area (Å²) in [6.07, 6.45) is 0. The van der Waals surface area contributed by atoms with E-state index >= 15 is 0 Å². The fraction of sp³-hybridized carbons (Fsp3) is 0. The minimum atomic E-state index is -0.679. The van der Waals surface area contributed by atoms with E-state index in [2.05, 4.69) is 5.32 Å². The van der Waals surface area contributed by atoms with Crippen LogP contribution in [0.3, 0.4) is 0 Å². The van der Waals surface area contributed by atoms with Gasteiger partial charge in [-0.3, -0.25) is 10.5 Å². The summed E-state index contributed by atoms with van der Waals surface area (Å²) in [6, 6.07) is 15.0. The molecule has 0 saturated heterocycles. The zero-order valence-corrected chi connectivity index (χ0v) is 11.4. The third-order valence-electron chi connectivity index (χ3n) is 3.25. The topological polar surface area (TPSA) is 103 Å². The van der Waals surface area contributed by atoms with Crippen LogP contribution in [0, 0.1) is 4.91 Å². The molecule has 7 heteroatoms. The molecule has 22 heavy (non-hydrogen) atoms. The molecule has 0 aliphatic rings. The normalized spacial score (nSPS) is 10.5. The van der Waals surface area contributed by atoms with E-state index in [-0.39, 0.29) is 22.5 Å². The van der Waals surface area contributed by atoms with Gasteiger partial charge in [0.25, 0.3) is 5.91 Å². The number of fused-ring (bicyclic) bond motifs is 1. The van der Waals surface area contributed by atoms with E-state index in [1.165, 1.54) is 12.1 Å². The van der Waals surface area contributed by atoms with Crippen LogP contribution in [0.25, 0.3) is 11.0 Å². The van der Waals surface area contributed by atoms with Crippen LogP contribution >= 0.6 is 0 Å². The highest BCUT2D eigenvalue weighted by molar-refractivity contribution is 6.06. The number of nitrogen functional groups attached to an aromatic ring is 1. The number of amides is 1. The van der Waals surface area contributed by atoms with Gasteiger partial charge in [0.05, 0.1) is 0 Å². The van der Waals surface area contributed by atoms with Gasteiger partial charge in [0, 0.05) is 10.1 Å². The summed E-state index contributed by atoms with van der Waals surface area (Å²) in [5.74, 6) is -1.06. The van der Waals surface area contributed by atoms with Gasteiger partial charge in [-0.15, -0.1) is 0 Å². The Morgan fingerprint density at radius 1 is 1.09 bits per heavy atom. The van der Waals surface area contributed by atoms with Gasteiger partial charge in [0.2, 0.25) is 11.2 Å². The van der Waals surface area contributed by atoms with Gasteiger partial charge in [0.1, 0.15) is 5.52 Å². The van der Waals surface area contributed by atoms with E-state index in [1.807, 2.05) is 0 Å². The van der Waals surface area contributed by atoms with Crippen molar-refractivity contribution in [3.8, 4) is 0 Å². The van der Waals surface area contributed by atoms with Crippen molar-refractivity contribution in [3.63, 3.8) is 0 Å². The van der Waals surface area contributed by atoms with Crippen LogP contribution in [0.1, 0.15) is 10.5 Å². The molecule has 1 aromatic heterocycles. The molecular weight excluding hydrogens is 284 g/mol. The zero-order chi connectivity index (χ0) is 15.7. The van der Waals surface area contributed by atoms with Gasteiger partial charge in [-0.1, -0.05) is 35.2 Å². The number of rotatable bonds is 2. The first kappa shape index (κ1) is 13.6. The Morgan fingerprint density at radius 2 is 1.73 bits per heavy atom. The molecule has 4 N–H and O–H groups in total. The minimum absolute atomic E-state index is 0.166. The van der Waals surface area contributed by atoms with Crippen LogP contribution in [-0.4, -0.2) is 15.8 Å². The highest BCUT2D eigenvalue weighted by atomic mass is 16.5. The third-order valence-corrected chi connectivity index (χ3v) is 3.25. The molecule has 0 aliphatic heterocycles. The number of anilines is 2. The molecule has 7 nitrogen and oxygen atoms in total. The lowest BCUT2D eigenvalue weighted by Gasteiger charge is -2.09. The molecule has 1 amide bonds. The van der Waals surface area contributed by atoms with E-state index in [9.17, 15) is 14.9 Å². The van der Waals surface area contributed by atoms with Gasteiger partial charge in [-0.2, -0.15) is 4.73 Å². The maximum Gasteiger partial charge on any atom is 0.351 e. The second-order valence-electron chi connectivity index (χ2n) is 4.65. The lowest BCUT2D eigenvalue weighted by atomic mass is 10.2. The van der Waals surface area contributed by atoms with Gasteiger partial charge < -0.3 is 10.5 Å². The van der Waals surface area contributed by atoms with Crippen LogP contribution in [0.5, 0.6) is 0 Å². The third kappa shape index (κ3) is 2.14. The smallest absolute Gasteiger partial charge is 0.351 e. The first-order valence-corrected chi connectivity index (χ1v) is 6.51. The Bertz CT molecular complexity index is 919. The first-order chi connectivity index (χ1) is 10.6. The van der Waals surface area contributed by atoms with Crippen molar-refractivity contribution in [2.75, 3.05) is 11.1 Å². The van der Waals surface area contributed by atoms with Crippen LogP contribution in [0.15, 0.2) is 54.6 Å². The summed E-state index contributed by atoms with van der Waals surface area (Å²) in [5.41, 5.74) is 6.27. The second kappa shape index (κ2) is 5.21. The van der Waals surface area contributed by atoms with Gasteiger partial charge in [-0.05, 0) is 24.3 Å². The molecule has 0 bridgehead atoms. The predicted octanol–water partition coefficient (Wildman–Crippen LogP) is 1.63. The number of hydrogen-bond acceptors (Lipinski definition) is 4. The number of nitrogens with two attached hydrogens (primary N) is 1. The number of nitrogens with zero attached hydrogens (tertiary/aromatic N) is 2. The van der Waals surface area contributed by atoms with Crippen molar-refractivity contribution in [2.24, 2.45) is 0 Å². The van der Waals surface area contributed by atoms with Crippen molar-refractivity contribution in [1.29, 1.82) is 0 Å². The highest BCUT2D eigenvalue weighted by Gasteiger charge is 2.26. The van der Waals surface area contributed by atoms with Crippen LogP contribution < -0.4 is 15.5 Å². The Hall–Kier alpha value is -3.35. The molecule has 0 atom stereocenters. The summed E-state index contributed by atoms with van der Waals surface area (Å²) in [7, 11) is 0. The standard InChI is InChI=1S/C15H12N4O3/c16-14-13(15(20)17-10-6-2-1-3-7-10)18(21)11-8-4-5-9-12(11)19(14)22/h1-9,21H,(H2-,16,17,20)/p+1. The number of carbonyl (C=O) groups is 1. The van der Waals surface area contributed by atoms with Crippen LogP contribution in [0.2, 0.25) is 0 Å². The van der Waals surface area contributed by atoms with Gasteiger partial charge in [0.15, 0.2) is 0 Å². The fourth-order valence-electron chi connectivity index (χ4n) is 2.19. The summed E-state index contributed by atoms with van der Waals surface area (Å²) in [5, 5.41) is 12.8. The molecule has 0 radical (unpaired) electrons. The van der Waals surface area contributed by atoms with E-state index in [4.69, 9.17) is 5.73 Å². The molecular formula is C15H13N4O3+. The number of nitrogens with one attached hydrogen (secondary N) is 1. The Morgan fingerprint density at radius 3 is 2.45 bits per heavy atom. The predicted molar refractivity (Wildman–Crippen MR) is 81.3 cm³/mol. The summed E-state index contributed by atoms with van der Waals surface area (Å²) < 4.78 is 1.04. The molecule has 0 aliphatic carbocycles. The lowest BCUT2D eigenvalue weighted by molar-refractivity contribution is -0.448. The minimum Gasteiger partial charge on any atom is -0.427 e. The van der Waals surface area contributed by atoms with E-state index < -0.39 is 5.91 Å². The molecule has 2 aromatic carbocycles.